The zero-order chi connectivity index (χ0) is 20.4. The second-order valence-corrected chi connectivity index (χ2v) is 7.86. The highest BCUT2D eigenvalue weighted by molar-refractivity contribution is 7.92. The van der Waals surface area contributed by atoms with Crippen molar-refractivity contribution in [2.75, 3.05) is 16.2 Å². The van der Waals surface area contributed by atoms with Crippen LogP contribution in [0.3, 0.4) is 0 Å². The molecule has 150 valence electrons. The molecule has 1 N–H and O–H groups in total. The number of ether oxygens (including phenoxy) is 1. The van der Waals surface area contributed by atoms with Crippen LogP contribution in [0.15, 0.2) is 53.4 Å². The number of carbonyl (C=O) groups excluding carboxylic acids is 1. The molecule has 28 heavy (non-hydrogen) atoms. The van der Waals surface area contributed by atoms with Crippen molar-refractivity contribution in [1.29, 1.82) is 0 Å². The van der Waals surface area contributed by atoms with Crippen LogP contribution in [0.1, 0.15) is 19.3 Å². The van der Waals surface area contributed by atoms with Crippen LogP contribution in [0.25, 0.3) is 0 Å². The van der Waals surface area contributed by atoms with Gasteiger partial charge in [0.25, 0.3) is 10.0 Å². The minimum absolute atomic E-state index is 0.0285. The highest BCUT2D eigenvalue weighted by Crippen LogP contribution is 2.26. The Hall–Kier alpha value is -2.75. The van der Waals surface area contributed by atoms with Gasteiger partial charge in [-0.15, -0.1) is 13.2 Å². The standard InChI is InChI=1S/C18H17F3N2O4S/c19-18(20,21)27-15-8-10-16(11-9-15)28(25,26)22-13-4-6-14(7-5-13)23-12-2-1-3-17(23)24/h4-11,22H,1-3,12H2. The van der Waals surface area contributed by atoms with Gasteiger partial charge in [-0.2, -0.15) is 0 Å². The quantitative estimate of drug-likeness (QED) is 0.805. The van der Waals surface area contributed by atoms with Crippen LogP contribution in [-0.2, 0) is 14.8 Å². The van der Waals surface area contributed by atoms with Gasteiger partial charge in [0, 0.05) is 24.3 Å². The molecule has 1 aliphatic heterocycles. The molecule has 6 nitrogen and oxygen atoms in total. The molecule has 2 aromatic rings. The van der Waals surface area contributed by atoms with Gasteiger partial charge in [0.15, 0.2) is 0 Å². The molecule has 0 radical (unpaired) electrons. The second-order valence-electron chi connectivity index (χ2n) is 6.17. The summed E-state index contributed by atoms with van der Waals surface area (Å²) >= 11 is 0. The lowest BCUT2D eigenvalue weighted by Crippen LogP contribution is -2.35. The molecule has 3 rings (SSSR count). The lowest BCUT2D eigenvalue weighted by molar-refractivity contribution is -0.274. The number of nitrogens with zero attached hydrogens (tertiary/aromatic N) is 1. The number of benzene rings is 2. The van der Waals surface area contributed by atoms with E-state index in [0.29, 0.717) is 18.7 Å². The van der Waals surface area contributed by atoms with Crippen LogP contribution < -0.4 is 14.4 Å². The Bertz CT molecular complexity index is 942. The topological polar surface area (TPSA) is 75.7 Å². The highest BCUT2D eigenvalue weighted by atomic mass is 32.2. The van der Waals surface area contributed by atoms with Crippen molar-refractivity contribution in [3.8, 4) is 5.75 Å². The maximum Gasteiger partial charge on any atom is 0.573 e. The van der Waals surface area contributed by atoms with E-state index in [1.165, 1.54) is 12.1 Å². The SMILES string of the molecule is O=C1CCCCN1c1ccc(NS(=O)(=O)c2ccc(OC(F)(F)F)cc2)cc1. The zero-order valence-corrected chi connectivity index (χ0v) is 15.4. The molecular formula is C18H17F3N2O4S. The Morgan fingerprint density at radius 2 is 1.61 bits per heavy atom. The van der Waals surface area contributed by atoms with Crippen LogP contribution in [0.2, 0.25) is 0 Å². The van der Waals surface area contributed by atoms with E-state index in [-0.39, 0.29) is 16.5 Å². The molecule has 1 aliphatic rings. The summed E-state index contributed by atoms with van der Waals surface area (Å²) in [4.78, 5) is 13.4. The van der Waals surface area contributed by atoms with E-state index >= 15 is 0 Å². The Morgan fingerprint density at radius 1 is 0.964 bits per heavy atom. The van der Waals surface area contributed by atoms with E-state index in [4.69, 9.17) is 0 Å². The first kappa shape index (κ1) is 20.0. The number of carbonyl (C=O) groups is 1. The van der Waals surface area contributed by atoms with E-state index < -0.39 is 22.1 Å². The Morgan fingerprint density at radius 3 is 2.18 bits per heavy atom. The Kier molecular flexibility index (Phi) is 5.50. The number of rotatable bonds is 5. The van der Waals surface area contributed by atoms with Crippen LogP contribution in [-0.4, -0.2) is 27.2 Å². The Balaban J connectivity index is 1.71. The first-order chi connectivity index (χ1) is 13.1. The van der Waals surface area contributed by atoms with Crippen LogP contribution in [0.4, 0.5) is 24.5 Å². The first-order valence-corrected chi connectivity index (χ1v) is 9.91. The highest BCUT2D eigenvalue weighted by Gasteiger charge is 2.31. The molecule has 10 heteroatoms. The summed E-state index contributed by atoms with van der Waals surface area (Å²) in [6.45, 7) is 0.621. The van der Waals surface area contributed by atoms with Gasteiger partial charge in [0.2, 0.25) is 5.91 Å². The fraction of sp³-hybridized carbons (Fsp3) is 0.278. The average molecular weight is 414 g/mol. The minimum atomic E-state index is -4.85. The largest absolute Gasteiger partial charge is 0.573 e. The van der Waals surface area contributed by atoms with E-state index in [2.05, 4.69) is 9.46 Å². The van der Waals surface area contributed by atoms with Gasteiger partial charge in [0.1, 0.15) is 5.75 Å². The van der Waals surface area contributed by atoms with Crippen molar-refractivity contribution in [3.05, 3.63) is 48.5 Å². The average Bonchev–Trinajstić information content (AvgIpc) is 2.62. The van der Waals surface area contributed by atoms with Crippen LogP contribution >= 0.6 is 0 Å². The second kappa shape index (κ2) is 7.70. The summed E-state index contributed by atoms with van der Waals surface area (Å²) in [5, 5.41) is 0. The van der Waals surface area contributed by atoms with E-state index in [1.54, 1.807) is 17.0 Å². The summed E-state index contributed by atoms with van der Waals surface area (Å²) in [5.74, 6) is -0.484. The van der Waals surface area contributed by atoms with Crippen molar-refractivity contribution >= 4 is 27.3 Å². The lowest BCUT2D eigenvalue weighted by Gasteiger charge is -2.26. The molecule has 1 saturated heterocycles. The fourth-order valence-electron chi connectivity index (χ4n) is 2.82. The molecule has 0 unspecified atom stereocenters. The first-order valence-electron chi connectivity index (χ1n) is 8.43. The molecule has 0 saturated carbocycles. The third-order valence-corrected chi connectivity index (χ3v) is 5.52. The number of alkyl halides is 3. The molecule has 1 fully saturated rings. The summed E-state index contributed by atoms with van der Waals surface area (Å²) < 4.78 is 67.4. The molecule has 0 bridgehead atoms. The zero-order valence-electron chi connectivity index (χ0n) is 14.6. The third kappa shape index (κ3) is 4.94. The molecule has 0 aromatic heterocycles. The number of hydrogen-bond donors (Lipinski definition) is 1. The van der Waals surface area contributed by atoms with Gasteiger partial charge in [-0.1, -0.05) is 0 Å². The van der Waals surface area contributed by atoms with Crippen LogP contribution in [0.5, 0.6) is 5.75 Å². The van der Waals surface area contributed by atoms with Gasteiger partial charge >= 0.3 is 6.36 Å². The summed E-state index contributed by atoms with van der Waals surface area (Å²) in [5.41, 5.74) is 0.949. The molecule has 1 heterocycles. The van der Waals surface area contributed by atoms with E-state index in [0.717, 1.165) is 37.1 Å². The van der Waals surface area contributed by atoms with Crippen molar-refractivity contribution < 1.29 is 31.1 Å². The van der Waals surface area contributed by atoms with Crippen molar-refractivity contribution in [3.63, 3.8) is 0 Å². The number of hydrogen-bond acceptors (Lipinski definition) is 4. The number of piperidine rings is 1. The van der Waals surface area contributed by atoms with Crippen molar-refractivity contribution in [1.82, 2.24) is 0 Å². The molecule has 0 spiro atoms. The predicted molar refractivity (Wildman–Crippen MR) is 96.6 cm³/mol. The maximum absolute atomic E-state index is 12.4. The minimum Gasteiger partial charge on any atom is -0.406 e. The molecule has 2 aromatic carbocycles. The summed E-state index contributed by atoms with van der Waals surface area (Å²) in [6.07, 6.45) is -2.59. The fourth-order valence-corrected chi connectivity index (χ4v) is 3.88. The van der Waals surface area contributed by atoms with E-state index in [1.807, 2.05) is 0 Å². The van der Waals surface area contributed by atoms with Crippen molar-refractivity contribution in [2.24, 2.45) is 0 Å². The van der Waals surface area contributed by atoms with Gasteiger partial charge < -0.3 is 9.64 Å². The maximum atomic E-state index is 12.4. The summed E-state index contributed by atoms with van der Waals surface area (Å²) in [6, 6.07) is 10.2. The van der Waals surface area contributed by atoms with E-state index in [9.17, 15) is 26.4 Å². The number of halogens is 3. The third-order valence-electron chi connectivity index (χ3n) is 4.12. The molecule has 0 aliphatic carbocycles. The predicted octanol–water partition coefficient (Wildman–Crippen LogP) is 3.90. The van der Waals surface area contributed by atoms with Gasteiger partial charge in [0.05, 0.1) is 4.90 Å². The molecule has 1 amide bonds. The smallest absolute Gasteiger partial charge is 0.406 e. The molecule has 0 atom stereocenters. The van der Waals surface area contributed by atoms with Gasteiger partial charge in [-0.05, 0) is 61.4 Å². The number of nitrogens with one attached hydrogen (secondary N) is 1. The normalized spacial score (nSPS) is 15.4. The number of anilines is 2. The van der Waals surface area contributed by atoms with Gasteiger partial charge in [-0.3, -0.25) is 9.52 Å². The molecular weight excluding hydrogens is 397 g/mol. The van der Waals surface area contributed by atoms with Crippen molar-refractivity contribution in [2.45, 2.75) is 30.5 Å². The number of sulfonamides is 1. The number of amides is 1. The van der Waals surface area contributed by atoms with Crippen LogP contribution in [0, 0.1) is 0 Å². The summed E-state index contributed by atoms with van der Waals surface area (Å²) in [7, 11) is -3.99. The van der Waals surface area contributed by atoms with Gasteiger partial charge in [-0.25, -0.2) is 8.42 Å². The monoisotopic (exact) mass is 414 g/mol. The Labute approximate surface area is 160 Å². The lowest BCUT2D eigenvalue weighted by atomic mass is 10.1.